The molecule has 0 bridgehead atoms. The number of amides is 2. The number of benzene rings is 3. The number of aryl methyl sites for hydroxylation is 1. The molecule has 41 heavy (non-hydrogen) atoms. The highest BCUT2D eigenvalue weighted by Gasteiger charge is 2.34. The van der Waals surface area contributed by atoms with E-state index in [1.807, 2.05) is 20.8 Å². The first-order valence-corrected chi connectivity index (χ1v) is 15.3. The zero-order chi connectivity index (χ0) is 30.3. The lowest BCUT2D eigenvalue weighted by atomic mass is 10.1. The summed E-state index contributed by atoms with van der Waals surface area (Å²) in [5.41, 5.74) is 1.65. The van der Waals surface area contributed by atoms with Gasteiger partial charge in [0, 0.05) is 22.6 Å². The number of methoxy groups -OCH3 is 1. The Balaban J connectivity index is 2.10. The van der Waals surface area contributed by atoms with Gasteiger partial charge in [-0.2, -0.15) is 0 Å². The molecule has 1 N–H and O–H groups in total. The molecule has 0 heterocycles. The molecule has 11 heteroatoms. The number of anilines is 1. The normalized spacial score (nSPS) is 12.8. The van der Waals surface area contributed by atoms with Gasteiger partial charge in [0.15, 0.2) is 0 Å². The lowest BCUT2D eigenvalue weighted by Crippen LogP contribution is -2.52. The lowest BCUT2D eigenvalue weighted by Gasteiger charge is -2.33. The van der Waals surface area contributed by atoms with Crippen LogP contribution in [0.15, 0.2) is 71.6 Å². The van der Waals surface area contributed by atoms with Crippen molar-refractivity contribution in [1.82, 2.24) is 10.2 Å². The van der Waals surface area contributed by atoms with E-state index in [4.69, 9.17) is 27.9 Å². The predicted octanol–water partition coefficient (Wildman–Crippen LogP) is 5.84. The van der Waals surface area contributed by atoms with Gasteiger partial charge in [0.25, 0.3) is 10.0 Å². The molecular formula is C30H35Cl2N3O5S. The third-order valence-electron chi connectivity index (χ3n) is 6.71. The van der Waals surface area contributed by atoms with E-state index >= 15 is 0 Å². The SMILES string of the molecule is CCC(C)NC(=O)C(C)N(Cc1cccc(Cl)c1)C(=O)CN(c1cc(Cl)ccc1OC)S(=O)(=O)c1ccc(C)cc1. The molecule has 0 spiro atoms. The first-order valence-electron chi connectivity index (χ1n) is 13.1. The summed E-state index contributed by atoms with van der Waals surface area (Å²) >= 11 is 12.5. The molecule has 0 saturated carbocycles. The van der Waals surface area contributed by atoms with Gasteiger partial charge in [-0.15, -0.1) is 0 Å². The number of nitrogens with one attached hydrogen (secondary N) is 1. The van der Waals surface area contributed by atoms with E-state index < -0.39 is 28.5 Å². The molecule has 2 amide bonds. The van der Waals surface area contributed by atoms with Crippen molar-refractivity contribution in [2.45, 2.75) is 57.6 Å². The van der Waals surface area contributed by atoms with Crippen LogP contribution in [0.2, 0.25) is 10.0 Å². The Bertz CT molecular complexity index is 1480. The van der Waals surface area contributed by atoms with Crippen LogP contribution in [-0.4, -0.2) is 50.9 Å². The Labute approximate surface area is 252 Å². The molecule has 0 saturated heterocycles. The van der Waals surface area contributed by atoms with Crippen molar-refractivity contribution in [3.63, 3.8) is 0 Å². The average Bonchev–Trinajstić information content (AvgIpc) is 2.94. The topological polar surface area (TPSA) is 96.0 Å². The summed E-state index contributed by atoms with van der Waals surface area (Å²) in [5, 5.41) is 3.64. The fourth-order valence-corrected chi connectivity index (χ4v) is 5.88. The number of nitrogens with zero attached hydrogens (tertiary/aromatic N) is 2. The number of hydrogen-bond acceptors (Lipinski definition) is 5. The maximum Gasteiger partial charge on any atom is 0.264 e. The predicted molar refractivity (Wildman–Crippen MR) is 163 cm³/mol. The molecule has 3 aromatic carbocycles. The second kappa shape index (κ2) is 14.1. The van der Waals surface area contributed by atoms with E-state index in [0.717, 1.165) is 9.87 Å². The third-order valence-corrected chi connectivity index (χ3v) is 8.95. The Morgan fingerprint density at radius 1 is 0.976 bits per heavy atom. The summed E-state index contributed by atoms with van der Waals surface area (Å²) in [6, 6.07) is 16.7. The minimum Gasteiger partial charge on any atom is -0.495 e. The Hall–Kier alpha value is -3.27. The molecule has 0 aliphatic carbocycles. The minimum absolute atomic E-state index is 0.0121. The van der Waals surface area contributed by atoms with E-state index in [1.165, 1.54) is 36.3 Å². The zero-order valence-electron chi connectivity index (χ0n) is 23.7. The van der Waals surface area contributed by atoms with Crippen molar-refractivity contribution in [2.24, 2.45) is 0 Å². The van der Waals surface area contributed by atoms with Gasteiger partial charge in [0.2, 0.25) is 11.8 Å². The van der Waals surface area contributed by atoms with E-state index in [1.54, 1.807) is 49.4 Å². The molecule has 2 unspecified atom stereocenters. The maximum atomic E-state index is 14.1. The lowest BCUT2D eigenvalue weighted by molar-refractivity contribution is -0.139. The summed E-state index contributed by atoms with van der Waals surface area (Å²) in [4.78, 5) is 28.6. The first kappa shape index (κ1) is 32.2. The van der Waals surface area contributed by atoms with Crippen molar-refractivity contribution in [2.75, 3.05) is 18.0 Å². The summed E-state index contributed by atoms with van der Waals surface area (Å²) in [6.45, 7) is 6.68. The number of sulfonamides is 1. The van der Waals surface area contributed by atoms with Crippen LogP contribution in [0.3, 0.4) is 0 Å². The molecule has 3 rings (SSSR count). The summed E-state index contributed by atoms with van der Waals surface area (Å²) in [5.74, 6) is -0.751. The largest absolute Gasteiger partial charge is 0.495 e. The molecule has 0 aliphatic rings. The second-order valence-electron chi connectivity index (χ2n) is 9.79. The van der Waals surface area contributed by atoms with Crippen molar-refractivity contribution in [3.8, 4) is 5.75 Å². The molecule has 0 aromatic heterocycles. The highest BCUT2D eigenvalue weighted by atomic mass is 35.5. The van der Waals surface area contributed by atoms with Crippen LogP contribution in [0.5, 0.6) is 5.75 Å². The highest BCUT2D eigenvalue weighted by molar-refractivity contribution is 7.92. The van der Waals surface area contributed by atoms with Gasteiger partial charge in [0.1, 0.15) is 18.3 Å². The van der Waals surface area contributed by atoms with Gasteiger partial charge in [-0.05, 0) is 75.2 Å². The summed E-state index contributed by atoms with van der Waals surface area (Å²) in [7, 11) is -2.87. The molecule has 8 nitrogen and oxygen atoms in total. The van der Waals surface area contributed by atoms with Gasteiger partial charge in [-0.25, -0.2) is 8.42 Å². The van der Waals surface area contributed by atoms with Crippen LogP contribution in [0.1, 0.15) is 38.3 Å². The van der Waals surface area contributed by atoms with Crippen molar-refractivity contribution >= 4 is 50.7 Å². The highest BCUT2D eigenvalue weighted by Crippen LogP contribution is 2.35. The molecule has 0 fully saturated rings. The number of ether oxygens (including phenoxy) is 1. The van der Waals surface area contributed by atoms with E-state index in [-0.39, 0.29) is 39.8 Å². The first-order chi connectivity index (χ1) is 19.4. The Morgan fingerprint density at radius 3 is 2.24 bits per heavy atom. The Morgan fingerprint density at radius 2 is 1.63 bits per heavy atom. The summed E-state index contributed by atoms with van der Waals surface area (Å²) in [6.07, 6.45) is 0.706. The number of carbonyl (C=O) groups is 2. The molecule has 0 radical (unpaired) electrons. The van der Waals surface area contributed by atoms with Crippen LogP contribution >= 0.6 is 23.2 Å². The summed E-state index contributed by atoms with van der Waals surface area (Å²) < 4.78 is 34.5. The van der Waals surface area contributed by atoms with E-state index in [0.29, 0.717) is 17.0 Å². The second-order valence-corrected chi connectivity index (χ2v) is 12.5. The van der Waals surface area contributed by atoms with Gasteiger partial charge >= 0.3 is 0 Å². The molecule has 2 atom stereocenters. The van der Waals surface area contributed by atoms with Gasteiger partial charge in [0.05, 0.1) is 17.7 Å². The van der Waals surface area contributed by atoms with Crippen molar-refractivity contribution < 1.29 is 22.7 Å². The van der Waals surface area contributed by atoms with Crippen molar-refractivity contribution in [1.29, 1.82) is 0 Å². The standard InChI is InChI=1S/C30H35Cl2N3O5S/c1-6-21(3)33-30(37)22(4)34(18-23-8-7-9-24(31)16-23)29(36)19-35(27-17-25(32)12-15-28(27)40-5)41(38,39)26-13-10-20(2)11-14-26/h7-17,21-22H,6,18-19H2,1-5H3,(H,33,37). The van der Waals surface area contributed by atoms with Crippen LogP contribution in [0.4, 0.5) is 5.69 Å². The number of rotatable bonds is 12. The Kier molecular flexibility index (Phi) is 11.1. The smallest absolute Gasteiger partial charge is 0.264 e. The maximum absolute atomic E-state index is 14.1. The number of hydrogen-bond donors (Lipinski definition) is 1. The van der Waals surface area contributed by atoms with E-state index in [2.05, 4.69) is 5.32 Å². The molecule has 0 aliphatic heterocycles. The fraction of sp³-hybridized carbons (Fsp3) is 0.333. The van der Waals surface area contributed by atoms with Crippen LogP contribution < -0.4 is 14.4 Å². The number of halogens is 2. The average molecular weight is 621 g/mol. The zero-order valence-corrected chi connectivity index (χ0v) is 26.1. The molecular weight excluding hydrogens is 585 g/mol. The van der Waals surface area contributed by atoms with Gasteiger partial charge < -0.3 is 15.0 Å². The van der Waals surface area contributed by atoms with Crippen molar-refractivity contribution in [3.05, 3.63) is 87.9 Å². The number of carbonyl (C=O) groups excluding carboxylic acids is 2. The van der Waals surface area contributed by atoms with Gasteiger partial charge in [-0.3, -0.25) is 13.9 Å². The molecule has 220 valence electrons. The van der Waals surface area contributed by atoms with E-state index in [9.17, 15) is 18.0 Å². The minimum atomic E-state index is -4.27. The molecule has 3 aromatic rings. The van der Waals surface area contributed by atoms with Crippen LogP contribution in [-0.2, 0) is 26.2 Å². The quantitative estimate of drug-likeness (QED) is 0.275. The third kappa shape index (κ3) is 8.15. The monoisotopic (exact) mass is 619 g/mol. The van der Waals surface area contributed by atoms with Crippen LogP contribution in [0, 0.1) is 6.92 Å². The van der Waals surface area contributed by atoms with Crippen LogP contribution in [0.25, 0.3) is 0 Å². The van der Waals surface area contributed by atoms with Gasteiger partial charge in [-0.1, -0.05) is 60.0 Å². The fourth-order valence-electron chi connectivity index (χ4n) is 4.09.